The van der Waals surface area contributed by atoms with E-state index in [-0.39, 0.29) is 12.5 Å². The van der Waals surface area contributed by atoms with Gasteiger partial charge in [0.25, 0.3) is 5.91 Å². The van der Waals surface area contributed by atoms with E-state index in [9.17, 15) is 4.79 Å². The summed E-state index contributed by atoms with van der Waals surface area (Å²) >= 11 is 5.77. The first-order chi connectivity index (χ1) is 9.24. The van der Waals surface area contributed by atoms with Gasteiger partial charge in [0.05, 0.1) is 0 Å². The highest BCUT2D eigenvalue weighted by atomic mass is 35.5. The molecule has 0 radical (unpaired) electrons. The van der Waals surface area contributed by atoms with Crippen molar-refractivity contribution in [3.8, 4) is 5.75 Å². The summed E-state index contributed by atoms with van der Waals surface area (Å²) in [6, 6.07) is 6.98. The number of amides is 1. The smallest absolute Gasteiger partial charge is 0.257 e. The molecule has 0 atom stereocenters. The fourth-order valence-corrected chi connectivity index (χ4v) is 2.20. The predicted octanol–water partition coefficient (Wildman–Crippen LogP) is 1.83. The molecule has 1 aliphatic heterocycles. The van der Waals surface area contributed by atoms with Crippen LogP contribution in [0.25, 0.3) is 0 Å². The lowest BCUT2D eigenvalue weighted by Crippen LogP contribution is -2.37. The van der Waals surface area contributed by atoms with Crippen molar-refractivity contribution >= 4 is 17.5 Å². The van der Waals surface area contributed by atoms with E-state index in [2.05, 4.69) is 10.6 Å². The first kappa shape index (κ1) is 14.2. The SMILES string of the molecule is O=C(COc1ccc(Cl)cc1)NCC1CCNCC1. The van der Waals surface area contributed by atoms with Crippen LogP contribution in [0, 0.1) is 5.92 Å². The molecule has 2 rings (SSSR count). The van der Waals surface area contributed by atoms with Crippen LogP contribution in [-0.4, -0.2) is 32.1 Å². The Hall–Kier alpha value is -1.26. The average Bonchev–Trinajstić information content (AvgIpc) is 2.45. The van der Waals surface area contributed by atoms with E-state index in [1.54, 1.807) is 24.3 Å². The number of hydrogen-bond acceptors (Lipinski definition) is 3. The van der Waals surface area contributed by atoms with Gasteiger partial charge in [0.15, 0.2) is 6.61 Å². The van der Waals surface area contributed by atoms with Gasteiger partial charge < -0.3 is 15.4 Å². The molecule has 1 amide bonds. The zero-order valence-electron chi connectivity index (χ0n) is 10.8. The second kappa shape index (κ2) is 7.36. The Morgan fingerprint density at radius 3 is 2.68 bits per heavy atom. The summed E-state index contributed by atoms with van der Waals surface area (Å²) in [6.07, 6.45) is 2.25. The molecule has 1 aromatic rings. The molecule has 1 aliphatic rings. The molecule has 0 aliphatic carbocycles. The number of rotatable bonds is 5. The average molecular weight is 283 g/mol. The maximum Gasteiger partial charge on any atom is 0.257 e. The number of hydrogen-bond donors (Lipinski definition) is 2. The number of carbonyl (C=O) groups is 1. The number of ether oxygens (including phenoxy) is 1. The van der Waals surface area contributed by atoms with E-state index in [1.165, 1.54) is 0 Å². The molecule has 0 saturated carbocycles. The lowest BCUT2D eigenvalue weighted by Gasteiger charge is -2.22. The zero-order chi connectivity index (χ0) is 13.5. The molecule has 4 nitrogen and oxygen atoms in total. The van der Waals surface area contributed by atoms with Crippen LogP contribution in [0.3, 0.4) is 0 Å². The maximum absolute atomic E-state index is 11.6. The molecule has 1 fully saturated rings. The van der Waals surface area contributed by atoms with Gasteiger partial charge in [-0.2, -0.15) is 0 Å². The van der Waals surface area contributed by atoms with Crippen molar-refractivity contribution < 1.29 is 9.53 Å². The third kappa shape index (κ3) is 5.09. The van der Waals surface area contributed by atoms with Crippen molar-refractivity contribution in [1.82, 2.24) is 10.6 Å². The molecular weight excluding hydrogens is 264 g/mol. The Labute approximate surface area is 118 Å². The molecule has 1 aromatic carbocycles. The van der Waals surface area contributed by atoms with Crippen LogP contribution in [0.4, 0.5) is 0 Å². The summed E-state index contributed by atoms with van der Waals surface area (Å²) in [5.74, 6) is 1.16. The van der Waals surface area contributed by atoms with Crippen molar-refractivity contribution in [3.63, 3.8) is 0 Å². The highest BCUT2D eigenvalue weighted by molar-refractivity contribution is 6.30. The minimum absolute atomic E-state index is 0.0482. The van der Waals surface area contributed by atoms with Gasteiger partial charge >= 0.3 is 0 Å². The van der Waals surface area contributed by atoms with E-state index in [4.69, 9.17) is 16.3 Å². The Balaban J connectivity index is 1.65. The Morgan fingerprint density at radius 1 is 1.32 bits per heavy atom. The maximum atomic E-state index is 11.6. The summed E-state index contributed by atoms with van der Waals surface area (Å²) in [5.41, 5.74) is 0. The molecule has 5 heteroatoms. The van der Waals surface area contributed by atoms with E-state index in [1.807, 2.05) is 0 Å². The van der Waals surface area contributed by atoms with Crippen LogP contribution in [0.1, 0.15) is 12.8 Å². The standard InChI is InChI=1S/C14H19ClN2O2/c15-12-1-3-13(4-2-12)19-10-14(18)17-9-11-5-7-16-8-6-11/h1-4,11,16H,5-10H2,(H,17,18). The molecule has 0 unspecified atom stereocenters. The summed E-state index contributed by atoms with van der Waals surface area (Å²) in [4.78, 5) is 11.6. The third-order valence-electron chi connectivity index (χ3n) is 3.23. The highest BCUT2D eigenvalue weighted by Gasteiger charge is 2.13. The molecular formula is C14H19ClN2O2. The Bertz CT molecular complexity index is 402. The van der Waals surface area contributed by atoms with Gasteiger partial charge in [-0.3, -0.25) is 4.79 Å². The lowest BCUT2D eigenvalue weighted by molar-refractivity contribution is -0.123. The van der Waals surface area contributed by atoms with Gasteiger partial charge in [-0.1, -0.05) is 11.6 Å². The van der Waals surface area contributed by atoms with Crippen LogP contribution in [0.5, 0.6) is 5.75 Å². The van der Waals surface area contributed by atoms with E-state index < -0.39 is 0 Å². The summed E-state index contributed by atoms with van der Waals surface area (Å²) in [5, 5.41) is 6.88. The third-order valence-corrected chi connectivity index (χ3v) is 3.48. The molecule has 1 heterocycles. The molecule has 104 valence electrons. The summed E-state index contributed by atoms with van der Waals surface area (Å²) in [7, 11) is 0. The molecule has 19 heavy (non-hydrogen) atoms. The van der Waals surface area contributed by atoms with Gasteiger partial charge in [0, 0.05) is 11.6 Å². The van der Waals surface area contributed by atoms with E-state index >= 15 is 0 Å². The first-order valence-electron chi connectivity index (χ1n) is 6.60. The Morgan fingerprint density at radius 2 is 2.00 bits per heavy atom. The number of halogens is 1. The fraction of sp³-hybridized carbons (Fsp3) is 0.500. The van der Waals surface area contributed by atoms with Crippen molar-refractivity contribution in [2.75, 3.05) is 26.2 Å². The molecule has 0 spiro atoms. The largest absolute Gasteiger partial charge is 0.484 e. The quantitative estimate of drug-likeness (QED) is 0.866. The normalized spacial score (nSPS) is 16.1. The monoisotopic (exact) mass is 282 g/mol. The number of nitrogens with one attached hydrogen (secondary N) is 2. The zero-order valence-corrected chi connectivity index (χ0v) is 11.6. The summed E-state index contributed by atoms with van der Waals surface area (Å²) < 4.78 is 5.38. The fourth-order valence-electron chi connectivity index (χ4n) is 2.07. The van der Waals surface area contributed by atoms with Gasteiger partial charge in [0.1, 0.15) is 5.75 Å². The number of piperidine rings is 1. The minimum Gasteiger partial charge on any atom is -0.484 e. The van der Waals surface area contributed by atoms with Crippen LogP contribution < -0.4 is 15.4 Å². The van der Waals surface area contributed by atoms with Crippen LogP contribution in [-0.2, 0) is 4.79 Å². The van der Waals surface area contributed by atoms with Crippen LogP contribution >= 0.6 is 11.6 Å². The second-order valence-electron chi connectivity index (χ2n) is 4.74. The highest BCUT2D eigenvalue weighted by Crippen LogP contribution is 2.15. The van der Waals surface area contributed by atoms with Gasteiger partial charge in [-0.15, -0.1) is 0 Å². The Kier molecular flexibility index (Phi) is 5.48. The number of benzene rings is 1. The van der Waals surface area contributed by atoms with Crippen molar-refractivity contribution in [2.24, 2.45) is 5.92 Å². The number of carbonyl (C=O) groups excluding carboxylic acids is 1. The van der Waals surface area contributed by atoms with Gasteiger partial charge in [-0.25, -0.2) is 0 Å². The van der Waals surface area contributed by atoms with Crippen molar-refractivity contribution in [3.05, 3.63) is 29.3 Å². The summed E-state index contributed by atoms with van der Waals surface area (Å²) in [6.45, 7) is 2.88. The second-order valence-corrected chi connectivity index (χ2v) is 5.18. The molecule has 0 bridgehead atoms. The first-order valence-corrected chi connectivity index (χ1v) is 6.97. The lowest BCUT2D eigenvalue weighted by atomic mass is 9.98. The van der Waals surface area contributed by atoms with Crippen molar-refractivity contribution in [1.29, 1.82) is 0 Å². The predicted molar refractivity (Wildman–Crippen MR) is 75.6 cm³/mol. The minimum atomic E-state index is -0.0755. The van der Waals surface area contributed by atoms with E-state index in [0.29, 0.717) is 16.7 Å². The van der Waals surface area contributed by atoms with Crippen molar-refractivity contribution in [2.45, 2.75) is 12.8 Å². The molecule has 1 saturated heterocycles. The van der Waals surface area contributed by atoms with E-state index in [0.717, 1.165) is 32.5 Å². The van der Waals surface area contributed by atoms with Crippen LogP contribution in [0.2, 0.25) is 5.02 Å². The van der Waals surface area contributed by atoms with Crippen LogP contribution in [0.15, 0.2) is 24.3 Å². The topological polar surface area (TPSA) is 50.4 Å². The molecule has 2 N–H and O–H groups in total. The molecule has 0 aromatic heterocycles. The van der Waals surface area contributed by atoms with Gasteiger partial charge in [-0.05, 0) is 56.1 Å². The van der Waals surface area contributed by atoms with Gasteiger partial charge in [0.2, 0.25) is 0 Å².